The molecule has 29 heavy (non-hydrogen) atoms. The molecule has 2 atom stereocenters. The molecule has 1 spiro atoms. The molecule has 2 N–H and O–H groups in total. The number of urea groups is 1. The molecule has 3 amide bonds. The molecule has 1 aliphatic carbocycles. The monoisotopic (exact) mass is 400 g/mol. The van der Waals surface area contributed by atoms with E-state index in [1.54, 1.807) is 6.20 Å². The Kier molecular flexibility index (Phi) is 4.24. The van der Waals surface area contributed by atoms with E-state index in [1.807, 2.05) is 17.2 Å². The lowest BCUT2D eigenvalue weighted by atomic mass is 9.76. The number of piperidine rings is 1. The van der Waals surface area contributed by atoms with E-state index in [1.165, 1.54) is 4.90 Å². The minimum atomic E-state index is -0.830. The maximum absolute atomic E-state index is 12.8. The van der Waals surface area contributed by atoms with Crippen LogP contribution in [0.1, 0.15) is 30.9 Å². The average molecular weight is 400 g/mol. The molecule has 3 fully saturated rings. The quantitative estimate of drug-likeness (QED) is 0.811. The van der Waals surface area contributed by atoms with Crippen LogP contribution in [0.25, 0.3) is 0 Å². The van der Waals surface area contributed by atoms with Crippen LogP contribution in [-0.4, -0.2) is 64.9 Å². The number of pyridine rings is 1. The van der Waals surface area contributed by atoms with Gasteiger partial charge in [-0.1, -0.05) is 6.92 Å². The van der Waals surface area contributed by atoms with E-state index in [0.29, 0.717) is 44.6 Å². The fourth-order valence-electron chi connectivity index (χ4n) is 6.15. The van der Waals surface area contributed by atoms with Crippen LogP contribution >= 0.6 is 0 Å². The Hall–Kier alpha value is -2.35. The third-order valence-corrected chi connectivity index (χ3v) is 7.72. The number of aromatic nitrogens is 1. The first-order valence-corrected chi connectivity index (χ1v) is 10.4. The van der Waals surface area contributed by atoms with Crippen molar-refractivity contribution in [2.75, 3.05) is 32.8 Å². The number of nitrogens with zero attached hydrogens (tertiary/aromatic N) is 3. The molecule has 2 saturated heterocycles. The summed E-state index contributed by atoms with van der Waals surface area (Å²) in [5, 5.41) is 12.5. The fraction of sp³-hybridized carbons (Fsp3) is 0.667. The highest BCUT2D eigenvalue weighted by molar-refractivity contribution is 5.75. The van der Waals surface area contributed by atoms with E-state index < -0.39 is 6.09 Å². The molecule has 0 aromatic carbocycles. The molecule has 0 radical (unpaired) electrons. The summed E-state index contributed by atoms with van der Waals surface area (Å²) < 4.78 is 5.52. The first-order valence-electron chi connectivity index (χ1n) is 10.4. The van der Waals surface area contributed by atoms with Crippen LogP contribution in [0.2, 0.25) is 0 Å². The molecule has 5 rings (SSSR count). The largest absolute Gasteiger partial charge is 0.465 e. The summed E-state index contributed by atoms with van der Waals surface area (Å²) in [7, 11) is 0. The van der Waals surface area contributed by atoms with Gasteiger partial charge < -0.3 is 25.0 Å². The lowest BCUT2D eigenvalue weighted by Gasteiger charge is -2.42. The lowest BCUT2D eigenvalue weighted by Crippen LogP contribution is -2.45. The number of amides is 3. The zero-order valence-electron chi connectivity index (χ0n) is 16.8. The van der Waals surface area contributed by atoms with Gasteiger partial charge in [-0.3, -0.25) is 4.98 Å². The minimum Gasteiger partial charge on any atom is -0.465 e. The number of hydrogen-bond donors (Lipinski definition) is 2. The van der Waals surface area contributed by atoms with E-state index in [-0.39, 0.29) is 16.9 Å². The van der Waals surface area contributed by atoms with E-state index >= 15 is 0 Å². The Morgan fingerprint density at radius 3 is 2.59 bits per heavy atom. The van der Waals surface area contributed by atoms with E-state index in [2.05, 4.69) is 17.2 Å². The average Bonchev–Trinajstić information content (AvgIpc) is 3.08. The summed E-state index contributed by atoms with van der Waals surface area (Å²) in [6, 6.07) is 1.95. The molecule has 1 unspecified atom stereocenters. The topological polar surface area (TPSA) is 95.0 Å². The van der Waals surface area contributed by atoms with Gasteiger partial charge in [0.2, 0.25) is 0 Å². The first kappa shape index (κ1) is 18.7. The Morgan fingerprint density at radius 1 is 1.24 bits per heavy atom. The van der Waals surface area contributed by atoms with Crippen LogP contribution in [0, 0.1) is 22.7 Å². The van der Waals surface area contributed by atoms with E-state index in [0.717, 1.165) is 37.2 Å². The van der Waals surface area contributed by atoms with Gasteiger partial charge in [0.05, 0.1) is 13.2 Å². The number of carbonyl (C=O) groups excluding carboxylic acids is 1. The second-order valence-corrected chi connectivity index (χ2v) is 9.42. The lowest BCUT2D eigenvalue weighted by molar-refractivity contribution is -0.124. The van der Waals surface area contributed by atoms with Crippen LogP contribution in [-0.2, 0) is 17.8 Å². The van der Waals surface area contributed by atoms with Crippen molar-refractivity contribution in [3.8, 4) is 0 Å². The summed E-state index contributed by atoms with van der Waals surface area (Å²) in [4.78, 5) is 31.6. The number of ether oxygens (including phenoxy) is 1. The van der Waals surface area contributed by atoms with E-state index in [9.17, 15) is 14.7 Å². The molecule has 1 aromatic heterocycles. The number of likely N-dealkylation sites (tertiary alicyclic amines) is 1. The van der Waals surface area contributed by atoms with Crippen molar-refractivity contribution in [2.45, 2.75) is 32.9 Å². The molecule has 1 saturated carbocycles. The number of hydrogen-bond acceptors (Lipinski definition) is 4. The van der Waals surface area contributed by atoms with Crippen LogP contribution in [0.15, 0.2) is 18.5 Å². The second kappa shape index (κ2) is 6.58. The summed E-state index contributed by atoms with van der Waals surface area (Å²) in [5.74, 6) is 0.878. The maximum Gasteiger partial charge on any atom is 0.407 e. The Morgan fingerprint density at radius 2 is 1.97 bits per heavy atom. The summed E-state index contributed by atoms with van der Waals surface area (Å²) in [6.07, 6.45) is 4.52. The van der Waals surface area contributed by atoms with Crippen molar-refractivity contribution in [1.29, 1.82) is 0 Å². The number of carboxylic acid groups (broad SMARTS) is 1. The number of fused-ring (bicyclic) bond motifs is 1. The van der Waals surface area contributed by atoms with Gasteiger partial charge in [0.1, 0.15) is 0 Å². The van der Waals surface area contributed by atoms with Crippen molar-refractivity contribution in [3.63, 3.8) is 0 Å². The molecular formula is C21H28N4O4. The van der Waals surface area contributed by atoms with Crippen LogP contribution in [0.4, 0.5) is 9.59 Å². The van der Waals surface area contributed by atoms with Gasteiger partial charge in [0.15, 0.2) is 0 Å². The third kappa shape index (κ3) is 2.96. The predicted molar refractivity (Wildman–Crippen MR) is 104 cm³/mol. The number of rotatable bonds is 3. The Labute approximate surface area is 170 Å². The molecule has 1 aromatic rings. The number of nitrogens with one attached hydrogen (secondary N) is 1. The van der Waals surface area contributed by atoms with Crippen LogP contribution in [0.3, 0.4) is 0 Å². The van der Waals surface area contributed by atoms with Gasteiger partial charge in [0, 0.05) is 50.5 Å². The Bertz CT molecular complexity index is 807. The molecule has 8 heteroatoms. The van der Waals surface area contributed by atoms with Crippen molar-refractivity contribution in [3.05, 3.63) is 29.6 Å². The van der Waals surface area contributed by atoms with Crippen molar-refractivity contribution in [2.24, 2.45) is 22.7 Å². The van der Waals surface area contributed by atoms with Crippen LogP contribution in [0.5, 0.6) is 0 Å². The highest BCUT2D eigenvalue weighted by Crippen LogP contribution is 2.71. The maximum atomic E-state index is 12.8. The fourth-order valence-corrected chi connectivity index (χ4v) is 6.15. The van der Waals surface area contributed by atoms with Gasteiger partial charge >= 0.3 is 12.1 Å². The molecule has 8 nitrogen and oxygen atoms in total. The zero-order valence-corrected chi connectivity index (χ0v) is 16.8. The van der Waals surface area contributed by atoms with Gasteiger partial charge in [-0.05, 0) is 47.3 Å². The van der Waals surface area contributed by atoms with Gasteiger partial charge in [0.25, 0.3) is 0 Å². The second-order valence-electron chi connectivity index (χ2n) is 9.42. The highest BCUT2D eigenvalue weighted by atomic mass is 16.5. The van der Waals surface area contributed by atoms with Gasteiger partial charge in [-0.25, -0.2) is 9.59 Å². The molecule has 4 heterocycles. The summed E-state index contributed by atoms with van der Waals surface area (Å²) in [5.41, 5.74) is 2.56. The molecule has 4 aliphatic rings. The molecule has 156 valence electrons. The minimum absolute atomic E-state index is 0.0278. The van der Waals surface area contributed by atoms with Gasteiger partial charge in [-0.15, -0.1) is 0 Å². The Balaban J connectivity index is 1.23. The standard InChI is InChI=1S/C21H28N4O4/c1-20(12-29-13-20)17-16(21(17)3-6-24(7-4-21)19(27)28)9-23-18(26)25-10-14-2-5-22-8-15(14)11-25/h2,5,8,16-17H,3-4,6-7,9-13H2,1H3,(H,23,26)(H,27,28)/t16-,17?/m0/s1. The van der Waals surface area contributed by atoms with Crippen molar-refractivity contribution < 1.29 is 19.4 Å². The zero-order chi connectivity index (χ0) is 20.2. The van der Waals surface area contributed by atoms with Gasteiger partial charge in [-0.2, -0.15) is 0 Å². The third-order valence-electron chi connectivity index (χ3n) is 7.72. The first-order chi connectivity index (χ1) is 13.9. The van der Waals surface area contributed by atoms with Crippen molar-refractivity contribution in [1.82, 2.24) is 20.1 Å². The molecule has 3 aliphatic heterocycles. The normalized spacial score (nSPS) is 28.6. The molecule has 0 bridgehead atoms. The SMILES string of the molecule is CC1(C2[C@H](CNC(=O)N3Cc4ccncc4C3)C23CCN(C(=O)O)CC3)COC1. The van der Waals surface area contributed by atoms with Crippen molar-refractivity contribution >= 4 is 12.1 Å². The smallest absolute Gasteiger partial charge is 0.407 e. The summed E-state index contributed by atoms with van der Waals surface area (Å²) in [6.45, 7) is 6.86. The highest BCUT2D eigenvalue weighted by Gasteiger charge is 2.71. The van der Waals surface area contributed by atoms with Crippen LogP contribution < -0.4 is 5.32 Å². The summed E-state index contributed by atoms with van der Waals surface area (Å²) >= 11 is 0. The van der Waals surface area contributed by atoms with E-state index in [4.69, 9.17) is 4.74 Å². The number of carbonyl (C=O) groups is 2. The predicted octanol–water partition coefficient (Wildman–Crippen LogP) is 2.15. The molecular weight excluding hydrogens is 372 g/mol.